The van der Waals surface area contributed by atoms with Crippen molar-refractivity contribution in [3.8, 4) is 0 Å². The Hall–Kier alpha value is -0.280. The lowest BCUT2D eigenvalue weighted by Crippen LogP contribution is -2.29. The van der Waals surface area contributed by atoms with E-state index in [0.717, 1.165) is 5.56 Å². The summed E-state index contributed by atoms with van der Waals surface area (Å²) in [5.41, 5.74) is 6.77. The molecule has 0 aromatic heterocycles. The number of nitrogens with two attached hydrogens (primary N) is 1. The minimum atomic E-state index is -0.479. The number of benzene rings is 1. The molecule has 2 atom stereocenters. The van der Waals surface area contributed by atoms with Crippen LogP contribution in [0.1, 0.15) is 38.7 Å². The van der Waals surface area contributed by atoms with Crippen LogP contribution in [-0.4, -0.2) is 17.8 Å². The zero-order valence-electron chi connectivity index (χ0n) is 11.1. The molecule has 1 aromatic carbocycles. The monoisotopic (exact) mass is 289 g/mol. The molecule has 0 aliphatic rings. The molecule has 18 heavy (non-hydrogen) atoms. The Morgan fingerprint density at radius 2 is 1.83 bits per heavy atom. The second-order valence-corrected chi connectivity index (χ2v) is 6.66. The van der Waals surface area contributed by atoms with E-state index in [1.165, 1.54) is 0 Å². The van der Waals surface area contributed by atoms with Gasteiger partial charge in [0.25, 0.3) is 0 Å². The van der Waals surface area contributed by atoms with Gasteiger partial charge in [-0.15, -0.1) is 0 Å². The molecule has 2 unspecified atom stereocenters. The third kappa shape index (κ3) is 4.43. The standard InChI is InChI=1S/C14H21Cl2NO/c1-14(2,3)7-13(18)10(8-17)9-4-5-11(15)12(16)6-9/h4-6,10,13,18H,7-8,17H2,1-3H3. The van der Waals surface area contributed by atoms with Crippen molar-refractivity contribution >= 4 is 23.2 Å². The quantitative estimate of drug-likeness (QED) is 0.885. The summed E-state index contributed by atoms with van der Waals surface area (Å²) in [5.74, 6) is -0.112. The normalized spacial score (nSPS) is 15.5. The molecule has 0 radical (unpaired) electrons. The number of halogens is 2. The Bertz CT molecular complexity index is 401. The van der Waals surface area contributed by atoms with Crippen LogP contribution >= 0.6 is 23.2 Å². The van der Waals surface area contributed by atoms with Crippen molar-refractivity contribution in [3.63, 3.8) is 0 Å². The first-order valence-electron chi connectivity index (χ1n) is 6.07. The van der Waals surface area contributed by atoms with E-state index in [9.17, 15) is 5.11 Å². The summed E-state index contributed by atoms with van der Waals surface area (Å²) >= 11 is 11.9. The van der Waals surface area contributed by atoms with E-state index < -0.39 is 6.10 Å². The fourth-order valence-electron chi connectivity index (χ4n) is 2.03. The van der Waals surface area contributed by atoms with E-state index in [4.69, 9.17) is 28.9 Å². The van der Waals surface area contributed by atoms with Crippen LogP contribution in [0.4, 0.5) is 0 Å². The van der Waals surface area contributed by atoms with Gasteiger partial charge in [-0.05, 0) is 29.5 Å². The van der Waals surface area contributed by atoms with Crippen LogP contribution in [0, 0.1) is 5.41 Å². The van der Waals surface area contributed by atoms with Crippen LogP contribution in [0.5, 0.6) is 0 Å². The first kappa shape index (κ1) is 15.8. The molecule has 2 nitrogen and oxygen atoms in total. The van der Waals surface area contributed by atoms with Gasteiger partial charge in [-0.2, -0.15) is 0 Å². The summed E-state index contributed by atoms with van der Waals surface area (Å²) in [7, 11) is 0. The predicted molar refractivity (Wildman–Crippen MR) is 78.3 cm³/mol. The molecule has 1 rings (SSSR count). The van der Waals surface area contributed by atoms with Gasteiger partial charge in [0.15, 0.2) is 0 Å². The van der Waals surface area contributed by atoms with E-state index in [1.54, 1.807) is 12.1 Å². The highest BCUT2D eigenvalue weighted by Gasteiger charge is 2.25. The van der Waals surface area contributed by atoms with Crippen molar-refractivity contribution in [2.75, 3.05) is 6.54 Å². The lowest BCUT2D eigenvalue weighted by atomic mass is 9.82. The van der Waals surface area contributed by atoms with Crippen molar-refractivity contribution in [1.82, 2.24) is 0 Å². The average molecular weight is 290 g/mol. The Morgan fingerprint density at radius 1 is 1.22 bits per heavy atom. The summed E-state index contributed by atoms with van der Waals surface area (Å²) in [5, 5.41) is 11.3. The number of aliphatic hydroxyl groups is 1. The van der Waals surface area contributed by atoms with Crippen molar-refractivity contribution in [2.45, 2.75) is 39.2 Å². The third-order valence-corrected chi connectivity index (χ3v) is 3.65. The highest BCUT2D eigenvalue weighted by atomic mass is 35.5. The molecule has 0 amide bonds. The molecule has 0 aliphatic heterocycles. The molecule has 0 bridgehead atoms. The van der Waals surface area contributed by atoms with Crippen LogP contribution in [0.2, 0.25) is 10.0 Å². The molecule has 0 saturated heterocycles. The van der Waals surface area contributed by atoms with E-state index in [2.05, 4.69) is 20.8 Å². The summed E-state index contributed by atoms with van der Waals surface area (Å²) in [6, 6.07) is 5.40. The highest BCUT2D eigenvalue weighted by molar-refractivity contribution is 6.42. The molecule has 4 heteroatoms. The fourth-order valence-corrected chi connectivity index (χ4v) is 2.33. The minimum absolute atomic E-state index is 0.0586. The van der Waals surface area contributed by atoms with Crippen molar-refractivity contribution in [1.29, 1.82) is 0 Å². The molecule has 0 heterocycles. The lowest BCUT2D eigenvalue weighted by molar-refractivity contribution is 0.0972. The molecule has 102 valence electrons. The van der Waals surface area contributed by atoms with Gasteiger partial charge in [0.05, 0.1) is 16.1 Å². The van der Waals surface area contributed by atoms with E-state index >= 15 is 0 Å². The van der Waals surface area contributed by atoms with Crippen molar-refractivity contribution in [2.24, 2.45) is 11.1 Å². The van der Waals surface area contributed by atoms with E-state index in [1.807, 2.05) is 6.07 Å². The third-order valence-electron chi connectivity index (χ3n) is 2.91. The van der Waals surface area contributed by atoms with Gasteiger partial charge >= 0.3 is 0 Å². The van der Waals surface area contributed by atoms with Crippen LogP contribution in [0.15, 0.2) is 18.2 Å². The van der Waals surface area contributed by atoms with Crippen molar-refractivity contribution < 1.29 is 5.11 Å². The average Bonchev–Trinajstić information content (AvgIpc) is 2.21. The van der Waals surface area contributed by atoms with Gasteiger partial charge in [0, 0.05) is 12.5 Å². The van der Waals surface area contributed by atoms with Gasteiger partial charge in [0.1, 0.15) is 0 Å². The van der Waals surface area contributed by atoms with Crippen LogP contribution in [0.3, 0.4) is 0 Å². The van der Waals surface area contributed by atoms with E-state index in [0.29, 0.717) is 23.0 Å². The SMILES string of the molecule is CC(C)(C)CC(O)C(CN)c1ccc(Cl)c(Cl)c1. The maximum atomic E-state index is 10.3. The second kappa shape index (κ2) is 6.25. The fraction of sp³-hybridized carbons (Fsp3) is 0.571. The summed E-state index contributed by atoms with van der Waals surface area (Å²) < 4.78 is 0. The second-order valence-electron chi connectivity index (χ2n) is 5.85. The first-order valence-corrected chi connectivity index (χ1v) is 6.83. The Kier molecular flexibility index (Phi) is 5.47. The van der Waals surface area contributed by atoms with Crippen molar-refractivity contribution in [3.05, 3.63) is 33.8 Å². The minimum Gasteiger partial charge on any atom is -0.392 e. The number of hydrogen-bond donors (Lipinski definition) is 2. The number of aliphatic hydroxyl groups excluding tert-OH is 1. The molecule has 3 N–H and O–H groups in total. The van der Waals surface area contributed by atoms with Crippen LogP contribution < -0.4 is 5.73 Å². The van der Waals surface area contributed by atoms with E-state index in [-0.39, 0.29) is 11.3 Å². The Balaban J connectivity index is 2.91. The van der Waals surface area contributed by atoms with Gasteiger partial charge in [0.2, 0.25) is 0 Å². The highest BCUT2D eigenvalue weighted by Crippen LogP contribution is 2.31. The van der Waals surface area contributed by atoms with Crippen LogP contribution in [-0.2, 0) is 0 Å². The maximum absolute atomic E-state index is 10.3. The van der Waals surface area contributed by atoms with Gasteiger partial charge in [-0.1, -0.05) is 50.0 Å². The molecule has 0 saturated carbocycles. The summed E-state index contributed by atoms with van der Waals surface area (Å²) in [4.78, 5) is 0. The molecular weight excluding hydrogens is 269 g/mol. The zero-order chi connectivity index (χ0) is 13.9. The molecule has 0 aliphatic carbocycles. The largest absolute Gasteiger partial charge is 0.392 e. The van der Waals surface area contributed by atoms with Gasteiger partial charge in [-0.3, -0.25) is 0 Å². The van der Waals surface area contributed by atoms with Crippen LogP contribution in [0.25, 0.3) is 0 Å². The topological polar surface area (TPSA) is 46.2 Å². The van der Waals surface area contributed by atoms with Gasteiger partial charge < -0.3 is 10.8 Å². The maximum Gasteiger partial charge on any atom is 0.0625 e. The summed E-state index contributed by atoms with van der Waals surface area (Å²) in [6.45, 7) is 6.67. The van der Waals surface area contributed by atoms with Gasteiger partial charge in [-0.25, -0.2) is 0 Å². The molecular formula is C14H21Cl2NO. The number of rotatable bonds is 4. The summed E-state index contributed by atoms with van der Waals surface area (Å²) in [6.07, 6.45) is 0.210. The first-order chi connectivity index (χ1) is 8.24. The number of hydrogen-bond acceptors (Lipinski definition) is 2. The molecule has 0 fully saturated rings. The Labute approximate surface area is 119 Å². The smallest absolute Gasteiger partial charge is 0.0625 e. The molecule has 1 aromatic rings. The lowest BCUT2D eigenvalue weighted by Gasteiger charge is -2.28. The predicted octanol–water partition coefficient (Wildman–Crippen LogP) is 3.83. The zero-order valence-corrected chi connectivity index (χ0v) is 12.6. The molecule has 0 spiro atoms. The Morgan fingerprint density at radius 3 is 2.28 bits per heavy atom.